The van der Waals surface area contributed by atoms with Gasteiger partial charge in [-0.3, -0.25) is 0 Å². The molecule has 1 atom stereocenters. The Kier molecular flexibility index (Phi) is 6.54. The van der Waals surface area contributed by atoms with E-state index in [9.17, 15) is 0 Å². The maximum Gasteiger partial charge on any atom is 0.119 e. The van der Waals surface area contributed by atoms with E-state index in [-0.39, 0.29) is 12.6 Å². The molecule has 4 nitrogen and oxygen atoms in total. The van der Waals surface area contributed by atoms with Crippen LogP contribution in [0, 0.1) is 5.92 Å². The van der Waals surface area contributed by atoms with Crippen molar-refractivity contribution in [2.45, 2.75) is 19.9 Å². The highest BCUT2D eigenvalue weighted by atomic mass is 16.5. The van der Waals surface area contributed by atoms with Gasteiger partial charge in [-0.1, -0.05) is 13.8 Å². The van der Waals surface area contributed by atoms with Crippen molar-refractivity contribution in [1.29, 1.82) is 0 Å². The smallest absolute Gasteiger partial charge is 0.119 e. The first kappa shape index (κ1) is 14.8. The number of hydrogen-bond donors (Lipinski definition) is 2. The van der Waals surface area contributed by atoms with E-state index in [2.05, 4.69) is 19.2 Å². The number of nitrogens with one attached hydrogen (secondary N) is 1. The largest absolute Gasteiger partial charge is 0.497 e. The minimum absolute atomic E-state index is 0.129. The molecule has 0 saturated carbocycles. The van der Waals surface area contributed by atoms with E-state index in [4.69, 9.17) is 14.6 Å². The van der Waals surface area contributed by atoms with Crippen LogP contribution in [0.2, 0.25) is 0 Å². The summed E-state index contributed by atoms with van der Waals surface area (Å²) in [5.74, 6) is 2.05. The summed E-state index contributed by atoms with van der Waals surface area (Å²) in [6, 6.07) is 7.63. The van der Waals surface area contributed by atoms with Crippen molar-refractivity contribution >= 4 is 0 Å². The van der Waals surface area contributed by atoms with E-state index >= 15 is 0 Å². The number of hydrogen-bond acceptors (Lipinski definition) is 4. The molecular formula is C14H23NO3. The van der Waals surface area contributed by atoms with Crippen LogP contribution in [-0.4, -0.2) is 38.0 Å². The summed E-state index contributed by atoms with van der Waals surface area (Å²) in [5.41, 5.74) is 0. The summed E-state index contributed by atoms with van der Waals surface area (Å²) in [4.78, 5) is 0. The second-order valence-corrected chi connectivity index (χ2v) is 4.51. The van der Waals surface area contributed by atoms with Gasteiger partial charge in [-0.15, -0.1) is 0 Å². The highest BCUT2D eigenvalue weighted by molar-refractivity contribution is 5.31. The lowest BCUT2D eigenvalue weighted by atomic mass is 10.1. The van der Waals surface area contributed by atoms with Crippen LogP contribution < -0.4 is 14.8 Å². The summed E-state index contributed by atoms with van der Waals surface area (Å²) in [7, 11) is 1.64. The minimum Gasteiger partial charge on any atom is -0.497 e. The Hall–Kier alpha value is -1.26. The van der Waals surface area contributed by atoms with Crippen molar-refractivity contribution < 1.29 is 14.6 Å². The standard InChI is InChI=1S/C14H23NO3/c1-11(2)14(10-16)15-8-9-18-13-6-4-12(17-3)5-7-13/h4-7,11,14-16H,8-10H2,1-3H3. The summed E-state index contributed by atoms with van der Waals surface area (Å²) in [6.07, 6.45) is 0. The molecule has 102 valence electrons. The summed E-state index contributed by atoms with van der Waals surface area (Å²) in [5, 5.41) is 12.4. The highest BCUT2D eigenvalue weighted by Crippen LogP contribution is 2.16. The van der Waals surface area contributed by atoms with Crippen LogP contribution in [0.4, 0.5) is 0 Å². The van der Waals surface area contributed by atoms with E-state index in [1.807, 2.05) is 24.3 Å². The van der Waals surface area contributed by atoms with Crippen LogP contribution >= 0.6 is 0 Å². The van der Waals surface area contributed by atoms with Crippen LogP contribution in [0.5, 0.6) is 11.5 Å². The lowest BCUT2D eigenvalue weighted by molar-refractivity contribution is 0.202. The van der Waals surface area contributed by atoms with E-state index in [0.717, 1.165) is 18.0 Å². The average molecular weight is 253 g/mol. The van der Waals surface area contributed by atoms with E-state index < -0.39 is 0 Å². The molecule has 18 heavy (non-hydrogen) atoms. The fourth-order valence-electron chi connectivity index (χ4n) is 1.60. The van der Waals surface area contributed by atoms with Gasteiger partial charge in [0.2, 0.25) is 0 Å². The summed E-state index contributed by atoms with van der Waals surface area (Å²) >= 11 is 0. The van der Waals surface area contributed by atoms with Gasteiger partial charge in [0.05, 0.1) is 13.7 Å². The fourth-order valence-corrected chi connectivity index (χ4v) is 1.60. The number of ether oxygens (including phenoxy) is 2. The molecule has 0 aromatic heterocycles. The van der Waals surface area contributed by atoms with Crippen molar-refractivity contribution in [2.24, 2.45) is 5.92 Å². The molecule has 0 amide bonds. The molecule has 1 unspecified atom stereocenters. The summed E-state index contributed by atoms with van der Waals surface area (Å²) < 4.78 is 10.7. The number of aliphatic hydroxyl groups is 1. The Balaban J connectivity index is 2.24. The maximum absolute atomic E-state index is 9.15. The van der Waals surface area contributed by atoms with Crippen LogP contribution in [0.15, 0.2) is 24.3 Å². The Morgan fingerprint density at radius 1 is 1.17 bits per heavy atom. The molecule has 0 spiro atoms. The van der Waals surface area contributed by atoms with Crippen LogP contribution in [0.3, 0.4) is 0 Å². The van der Waals surface area contributed by atoms with Gasteiger partial charge in [0, 0.05) is 12.6 Å². The molecule has 0 bridgehead atoms. The zero-order chi connectivity index (χ0) is 13.4. The molecule has 0 fully saturated rings. The molecule has 0 heterocycles. The topological polar surface area (TPSA) is 50.7 Å². The van der Waals surface area contributed by atoms with Gasteiger partial charge in [0.1, 0.15) is 18.1 Å². The lowest BCUT2D eigenvalue weighted by Crippen LogP contribution is -2.39. The van der Waals surface area contributed by atoms with Gasteiger partial charge < -0.3 is 19.9 Å². The van der Waals surface area contributed by atoms with E-state index in [1.165, 1.54) is 0 Å². The number of benzene rings is 1. The van der Waals surface area contributed by atoms with Crippen LogP contribution in [0.25, 0.3) is 0 Å². The maximum atomic E-state index is 9.15. The molecule has 4 heteroatoms. The fraction of sp³-hybridized carbons (Fsp3) is 0.571. The Bertz CT molecular complexity index is 324. The van der Waals surface area contributed by atoms with Crippen molar-refractivity contribution in [1.82, 2.24) is 5.32 Å². The van der Waals surface area contributed by atoms with Gasteiger partial charge in [-0.2, -0.15) is 0 Å². The van der Waals surface area contributed by atoms with Gasteiger partial charge in [0.25, 0.3) is 0 Å². The Labute approximate surface area is 109 Å². The molecule has 0 aliphatic carbocycles. The van der Waals surface area contributed by atoms with Crippen LogP contribution in [0.1, 0.15) is 13.8 Å². The normalized spacial score (nSPS) is 12.5. The monoisotopic (exact) mass is 253 g/mol. The van der Waals surface area contributed by atoms with Gasteiger partial charge in [-0.25, -0.2) is 0 Å². The molecule has 2 N–H and O–H groups in total. The molecule has 1 aromatic rings. The molecule has 1 rings (SSSR count). The first-order valence-electron chi connectivity index (χ1n) is 6.28. The molecule has 0 aliphatic heterocycles. The zero-order valence-corrected chi connectivity index (χ0v) is 11.3. The lowest BCUT2D eigenvalue weighted by Gasteiger charge is -2.19. The number of aliphatic hydroxyl groups excluding tert-OH is 1. The first-order chi connectivity index (χ1) is 8.67. The number of methoxy groups -OCH3 is 1. The van der Waals surface area contributed by atoms with E-state index in [0.29, 0.717) is 12.5 Å². The predicted molar refractivity (Wildman–Crippen MR) is 72.2 cm³/mol. The second-order valence-electron chi connectivity index (χ2n) is 4.51. The van der Waals surface area contributed by atoms with Crippen molar-refractivity contribution in [2.75, 3.05) is 26.9 Å². The minimum atomic E-state index is 0.129. The van der Waals surface area contributed by atoms with Gasteiger partial charge in [0.15, 0.2) is 0 Å². The Morgan fingerprint density at radius 2 is 1.78 bits per heavy atom. The van der Waals surface area contributed by atoms with Crippen molar-refractivity contribution in [3.63, 3.8) is 0 Å². The third-order valence-corrected chi connectivity index (χ3v) is 2.84. The SMILES string of the molecule is COc1ccc(OCCNC(CO)C(C)C)cc1. The van der Waals surface area contributed by atoms with Crippen molar-refractivity contribution in [3.8, 4) is 11.5 Å². The second kappa shape index (κ2) is 7.95. The summed E-state index contributed by atoms with van der Waals surface area (Å²) in [6.45, 7) is 5.61. The average Bonchev–Trinajstić information content (AvgIpc) is 2.39. The van der Waals surface area contributed by atoms with Crippen LogP contribution in [-0.2, 0) is 0 Å². The highest BCUT2D eigenvalue weighted by Gasteiger charge is 2.10. The molecule has 0 saturated heterocycles. The Morgan fingerprint density at radius 3 is 2.28 bits per heavy atom. The third-order valence-electron chi connectivity index (χ3n) is 2.84. The number of rotatable bonds is 8. The van der Waals surface area contributed by atoms with Gasteiger partial charge in [-0.05, 0) is 30.2 Å². The molecule has 0 radical (unpaired) electrons. The zero-order valence-electron chi connectivity index (χ0n) is 11.3. The first-order valence-corrected chi connectivity index (χ1v) is 6.28. The molecule has 1 aromatic carbocycles. The predicted octanol–water partition coefficient (Wildman–Crippen LogP) is 1.68. The van der Waals surface area contributed by atoms with Gasteiger partial charge >= 0.3 is 0 Å². The molecule has 0 aliphatic rings. The molecular weight excluding hydrogens is 230 g/mol. The third kappa shape index (κ3) is 4.94. The van der Waals surface area contributed by atoms with Crippen molar-refractivity contribution in [3.05, 3.63) is 24.3 Å². The van der Waals surface area contributed by atoms with E-state index in [1.54, 1.807) is 7.11 Å². The quantitative estimate of drug-likeness (QED) is 0.692.